The summed E-state index contributed by atoms with van der Waals surface area (Å²) in [5, 5.41) is 14.5. The Kier molecular flexibility index (Phi) is 3.17. The molecule has 0 amide bonds. The smallest absolute Gasteiger partial charge is 0.264 e. The second-order valence-electron chi connectivity index (χ2n) is 3.43. The van der Waals surface area contributed by atoms with Crippen LogP contribution in [-0.4, -0.2) is 28.7 Å². The van der Waals surface area contributed by atoms with Crippen molar-refractivity contribution in [3.8, 4) is 0 Å². The summed E-state index contributed by atoms with van der Waals surface area (Å²) in [4.78, 5) is 13.4. The van der Waals surface area contributed by atoms with Crippen LogP contribution in [0.2, 0.25) is 0 Å². The lowest BCUT2D eigenvalue weighted by atomic mass is 10.5. The van der Waals surface area contributed by atoms with Crippen molar-refractivity contribution in [3.63, 3.8) is 0 Å². The van der Waals surface area contributed by atoms with Crippen LogP contribution in [0.3, 0.4) is 0 Å². The van der Waals surface area contributed by atoms with Gasteiger partial charge in [-0.3, -0.25) is 9.52 Å². The first kappa shape index (κ1) is 12.3. The normalized spacial score (nSPS) is 11.4. The molecule has 0 saturated heterocycles. The van der Waals surface area contributed by atoms with Crippen LogP contribution in [-0.2, 0) is 16.6 Å². The third kappa shape index (κ3) is 2.57. The van der Waals surface area contributed by atoms with Crippen LogP contribution in [0.25, 0.3) is 0 Å². The predicted octanol–water partition coefficient (Wildman–Crippen LogP) is -0.609. The number of aromatic nitrogens is 3. The van der Waals surface area contributed by atoms with Gasteiger partial charge in [-0.05, 0) is 12.1 Å². The maximum Gasteiger partial charge on any atom is 0.264 e. The molecule has 9 heteroatoms. The Morgan fingerprint density at radius 3 is 2.72 bits per heavy atom. The number of hydrogen-bond donors (Lipinski definition) is 4. The highest BCUT2D eigenvalue weighted by Gasteiger charge is 2.16. The molecule has 0 saturated carbocycles. The van der Waals surface area contributed by atoms with Crippen molar-refractivity contribution in [1.29, 1.82) is 0 Å². The van der Waals surface area contributed by atoms with E-state index in [9.17, 15) is 13.2 Å². The van der Waals surface area contributed by atoms with E-state index in [1.165, 1.54) is 18.3 Å². The van der Waals surface area contributed by atoms with Gasteiger partial charge in [0.1, 0.15) is 4.90 Å². The van der Waals surface area contributed by atoms with E-state index < -0.39 is 15.6 Å². The first-order valence-electron chi connectivity index (χ1n) is 4.88. The van der Waals surface area contributed by atoms with Crippen molar-refractivity contribution in [2.75, 3.05) is 4.72 Å². The lowest BCUT2D eigenvalue weighted by molar-refractivity contribution is 0.277. The van der Waals surface area contributed by atoms with E-state index in [4.69, 9.17) is 5.11 Å². The van der Waals surface area contributed by atoms with Crippen molar-refractivity contribution in [2.24, 2.45) is 0 Å². The molecule has 0 radical (unpaired) electrons. The molecule has 0 spiro atoms. The Labute approximate surface area is 102 Å². The minimum absolute atomic E-state index is 0.00125. The van der Waals surface area contributed by atoms with Crippen LogP contribution < -0.4 is 10.3 Å². The third-order valence-electron chi connectivity index (χ3n) is 2.12. The fraction of sp³-hybridized carbons (Fsp3) is 0.111. The molecule has 0 atom stereocenters. The lowest BCUT2D eigenvalue weighted by Gasteiger charge is -2.03. The molecule has 8 nitrogen and oxygen atoms in total. The second-order valence-corrected chi connectivity index (χ2v) is 5.11. The molecule has 96 valence electrons. The predicted molar refractivity (Wildman–Crippen MR) is 62.4 cm³/mol. The summed E-state index contributed by atoms with van der Waals surface area (Å²) in [5.74, 6) is 0.00125. The van der Waals surface area contributed by atoms with Crippen LogP contribution in [0, 0.1) is 0 Å². The number of aromatic amines is 2. The molecule has 4 N–H and O–H groups in total. The molecule has 2 aromatic rings. The van der Waals surface area contributed by atoms with Gasteiger partial charge in [-0.2, -0.15) is 5.10 Å². The Bertz CT molecular complexity index is 683. The summed E-state index contributed by atoms with van der Waals surface area (Å²) in [5.41, 5.74) is -0.0491. The number of H-pyrrole nitrogens is 2. The molecular formula is C9H10N4O4S. The van der Waals surface area contributed by atoms with Crippen LogP contribution >= 0.6 is 0 Å². The molecule has 0 aliphatic carbocycles. The van der Waals surface area contributed by atoms with E-state index in [1.54, 1.807) is 0 Å². The highest BCUT2D eigenvalue weighted by molar-refractivity contribution is 7.92. The fourth-order valence-electron chi connectivity index (χ4n) is 1.26. The third-order valence-corrected chi connectivity index (χ3v) is 3.45. The van der Waals surface area contributed by atoms with Gasteiger partial charge in [0.2, 0.25) is 0 Å². The summed E-state index contributed by atoms with van der Waals surface area (Å²) in [6.07, 6.45) is 1.25. The SMILES string of the molecule is O=c1ccc(NS(=O)(=O)c2c[nH]c(CO)c2)n[nH]1. The molecule has 0 aliphatic rings. The maximum absolute atomic E-state index is 11.9. The van der Waals surface area contributed by atoms with Crippen molar-refractivity contribution in [1.82, 2.24) is 15.2 Å². The molecule has 0 aromatic carbocycles. The van der Waals surface area contributed by atoms with Crippen LogP contribution in [0.5, 0.6) is 0 Å². The summed E-state index contributed by atoms with van der Waals surface area (Å²) in [7, 11) is -3.79. The van der Waals surface area contributed by atoms with E-state index in [0.29, 0.717) is 5.69 Å². The van der Waals surface area contributed by atoms with E-state index >= 15 is 0 Å². The molecule has 2 aromatic heterocycles. The fourth-order valence-corrected chi connectivity index (χ4v) is 2.28. The molecule has 0 fully saturated rings. The van der Waals surface area contributed by atoms with Gasteiger partial charge in [-0.25, -0.2) is 13.5 Å². The van der Waals surface area contributed by atoms with Gasteiger partial charge in [0.15, 0.2) is 5.82 Å². The first-order valence-corrected chi connectivity index (χ1v) is 6.36. The molecule has 2 heterocycles. The average molecular weight is 270 g/mol. The Hall–Kier alpha value is -2.13. The van der Waals surface area contributed by atoms with Crippen molar-refractivity contribution in [2.45, 2.75) is 11.5 Å². The number of sulfonamides is 1. The number of aliphatic hydroxyl groups is 1. The van der Waals surface area contributed by atoms with Crippen molar-refractivity contribution < 1.29 is 13.5 Å². The van der Waals surface area contributed by atoms with Gasteiger partial charge in [0.25, 0.3) is 15.6 Å². The number of rotatable bonds is 4. The van der Waals surface area contributed by atoms with E-state index in [0.717, 1.165) is 6.07 Å². The van der Waals surface area contributed by atoms with E-state index in [1.807, 2.05) is 0 Å². The second kappa shape index (κ2) is 4.63. The van der Waals surface area contributed by atoms with Gasteiger partial charge in [0.05, 0.1) is 6.61 Å². The summed E-state index contributed by atoms with van der Waals surface area (Å²) >= 11 is 0. The minimum atomic E-state index is -3.79. The van der Waals surface area contributed by atoms with Crippen LogP contribution in [0.4, 0.5) is 5.82 Å². The van der Waals surface area contributed by atoms with Crippen molar-refractivity contribution in [3.05, 3.63) is 40.4 Å². The summed E-state index contributed by atoms with van der Waals surface area (Å²) in [6.45, 7) is -0.285. The quantitative estimate of drug-likeness (QED) is 0.589. The Morgan fingerprint density at radius 1 is 1.39 bits per heavy atom. The van der Waals surface area contributed by atoms with Crippen molar-refractivity contribution >= 4 is 15.8 Å². The number of aliphatic hydroxyl groups excluding tert-OH is 1. The van der Waals surface area contributed by atoms with Crippen LogP contribution in [0.1, 0.15) is 5.69 Å². The van der Waals surface area contributed by atoms with Gasteiger partial charge >= 0.3 is 0 Å². The van der Waals surface area contributed by atoms with Gasteiger partial charge < -0.3 is 10.1 Å². The van der Waals surface area contributed by atoms with Gasteiger partial charge in [0, 0.05) is 18.0 Å². The standard InChI is InChI=1S/C9H10N4O4S/c14-5-6-3-7(4-10-6)18(16,17)13-8-1-2-9(15)12-11-8/h1-4,10,14H,5H2,(H,11,13)(H,12,15). The summed E-state index contributed by atoms with van der Waals surface area (Å²) in [6, 6.07) is 3.70. The molecule has 0 aliphatic heterocycles. The van der Waals surface area contributed by atoms with Gasteiger partial charge in [-0.1, -0.05) is 0 Å². The zero-order valence-electron chi connectivity index (χ0n) is 9.04. The zero-order chi connectivity index (χ0) is 13.2. The molecule has 0 bridgehead atoms. The Balaban J connectivity index is 2.26. The molecular weight excluding hydrogens is 260 g/mol. The number of anilines is 1. The first-order chi connectivity index (χ1) is 8.51. The molecule has 18 heavy (non-hydrogen) atoms. The molecule has 2 rings (SSSR count). The topological polar surface area (TPSA) is 128 Å². The van der Waals surface area contributed by atoms with Crippen LogP contribution in [0.15, 0.2) is 34.1 Å². The summed E-state index contributed by atoms with van der Waals surface area (Å²) < 4.78 is 25.9. The van der Waals surface area contributed by atoms with Gasteiger partial charge in [-0.15, -0.1) is 0 Å². The highest BCUT2D eigenvalue weighted by atomic mass is 32.2. The minimum Gasteiger partial charge on any atom is -0.390 e. The Morgan fingerprint density at radius 2 is 2.17 bits per heavy atom. The average Bonchev–Trinajstić information content (AvgIpc) is 2.81. The van der Waals surface area contributed by atoms with E-state index in [-0.39, 0.29) is 17.3 Å². The maximum atomic E-state index is 11.9. The van der Waals surface area contributed by atoms with E-state index in [2.05, 4.69) is 19.9 Å². The lowest BCUT2D eigenvalue weighted by Crippen LogP contribution is -2.15. The molecule has 0 unspecified atom stereocenters. The zero-order valence-corrected chi connectivity index (χ0v) is 9.86. The number of nitrogens with one attached hydrogen (secondary N) is 3. The monoisotopic (exact) mass is 270 g/mol. The largest absolute Gasteiger partial charge is 0.390 e. The highest BCUT2D eigenvalue weighted by Crippen LogP contribution is 2.14. The number of nitrogens with zero attached hydrogens (tertiary/aromatic N) is 1. The number of hydrogen-bond acceptors (Lipinski definition) is 5.